The number of esters is 2. The number of hydrogen-bond donors (Lipinski definition) is 1. The smallest absolute Gasteiger partial charge is 0.361 e. The molecule has 2 unspecified atom stereocenters. The van der Waals surface area contributed by atoms with Gasteiger partial charge in [-0.25, -0.2) is 4.79 Å². The molecule has 0 fully saturated rings. The number of rotatable bonds is 55. The van der Waals surface area contributed by atoms with Gasteiger partial charge in [0.25, 0.3) is 6.29 Å². The molecule has 430 valence electrons. The van der Waals surface area contributed by atoms with Crippen LogP contribution in [0.4, 0.5) is 0 Å². The number of carbonyl (C=O) groups excluding carboxylic acids is 2. The molecule has 0 aliphatic carbocycles. The van der Waals surface area contributed by atoms with Crippen LogP contribution in [0.2, 0.25) is 0 Å². The van der Waals surface area contributed by atoms with Gasteiger partial charge in [0.2, 0.25) is 0 Å². The van der Waals surface area contributed by atoms with Crippen LogP contribution in [-0.2, 0) is 33.3 Å². The van der Waals surface area contributed by atoms with Crippen molar-refractivity contribution in [2.24, 2.45) is 0 Å². The van der Waals surface area contributed by atoms with Gasteiger partial charge in [-0.05, 0) is 77.0 Å². The van der Waals surface area contributed by atoms with Gasteiger partial charge < -0.3 is 28.5 Å². The van der Waals surface area contributed by atoms with Crippen LogP contribution >= 0.6 is 0 Å². The highest BCUT2D eigenvalue weighted by Crippen LogP contribution is 2.16. The molecule has 0 saturated heterocycles. The number of quaternary nitrogens is 1. The maximum Gasteiger partial charge on any atom is 0.361 e. The predicted octanol–water partition coefficient (Wildman–Crippen LogP) is 18.1. The third kappa shape index (κ3) is 57.7. The normalized spacial score (nSPS) is 13.5. The van der Waals surface area contributed by atoms with Crippen LogP contribution < -0.4 is 0 Å². The summed E-state index contributed by atoms with van der Waals surface area (Å²) in [6.45, 7) is 4.73. The lowest BCUT2D eigenvalue weighted by molar-refractivity contribution is -0.870. The molecule has 0 saturated carbocycles. The standard InChI is InChI=1S/C66H113NO8/c1-6-8-10-12-14-16-18-20-22-24-26-28-30-31-32-33-35-37-39-41-43-45-47-49-51-53-55-57-64(69)75-62(61-74-66(65(70)71)72-59-58-67(3,4)5)60-73-63(68)56-54-52-50-48-46-44-42-40-38-36-34-29-27-25-23-21-19-17-15-13-11-9-7-2/h8,10,14,16,20,22,26,28,31-32,35,37,41,43,47,49,62,66H,6-7,9,11-13,15,17-19,21,23-25,27,29-30,33-34,36,38-40,42,44-46,48,50-61H2,1-5H3/p+1/b10-8-,16-14-,22-20-,28-26-,32-31-,37-35-,43-41-,49-47-. The lowest BCUT2D eigenvalue weighted by Gasteiger charge is -2.25. The van der Waals surface area contributed by atoms with Gasteiger partial charge in [-0.1, -0.05) is 252 Å². The fourth-order valence-electron chi connectivity index (χ4n) is 8.21. The first kappa shape index (κ1) is 71.2. The third-order valence-corrected chi connectivity index (χ3v) is 12.9. The molecule has 0 spiro atoms. The molecule has 0 aliphatic rings. The first-order chi connectivity index (χ1) is 36.6. The average molecular weight is 1050 g/mol. The number of carboxylic acids is 1. The first-order valence-electron chi connectivity index (χ1n) is 30.4. The van der Waals surface area contributed by atoms with Crippen molar-refractivity contribution in [3.63, 3.8) is 0 Å². The number of carbonyl (C=O) groups is 3. The molecular formula is C66H114NO8+. The van der Waals surface area contributed by atoms with E-state index in [4.69, 9.17) is 18.9 Å². The van der Waals surface area contributed by atoms with Gasteiger partial charge in [0.1, 0.15) is 13.2 Å². The Balaban J connectivity index is 4.33. The van der Waals surface area contributed by atoms with Gasteiger partial charge in [-0.3, -0.25) is 9.59 Å². The first-order valence-corrected chi connectivity index (χ1v) is 30.4. The van der Waals surface area contributed by atoms with Crippen molar-refractivity contribution in [3.05, 3.63) is 97.2 Å². The Bertz CT molecular complexity index is 1550. The van der Waals surface area contributed by atoms with E-state index in [1.54, 1.807) is 0 Å². The van der Waals surface area contributed by atoms with E-state index in [-0.39, 0.29) is 32.2 Å². The van der Waals surface area contributed by atoms with Crippen LogP contribution in [0, 0.1) is 0 Å². The third-order valence-electron chi connectivity index (χ3n) is 12.9. The summed E-state index contributed by atoms with van der Waals surface area (Å²) in [5, 5.41) is 9.71. The lowest BCUT2D eigenvalue weighted by atomic mass is 10.0. The molecule has 0 rings (SSSR count). The minimum absolute atomic E-state index is 0.175. The Morgan fingerprint density at radius 2 is 0.760 bits per heavy atom. The number of likely N-dealkylation sites (N-methyl/N-ethyl adjacent to an activating group) is 1. The molecule has 0 amide bonds. The zero-order valence-corrected chi connectivity index (χ0v) is 48.9. The van der Waals surface area contributed by atoms with E-state index in [0.717, 1.165) is 83.5 Å². The van der Waals surface area contributed by atoms with Crippen LogP contribution in [0.15, 0.2) is 97.2 Å². The molecule has 0 aromatic heterocycles. The number of allylic oxidation sites excluding steroid dienone is 16. The number of hydrogen-bond acceptors (Lipinski definition) is 7. The molecule has 9 nitrogen and oxygen atoms in total. The van der Waals surface area contributed by atoms with E-state index in [9.17, 15) is 19.5 Å². The number of nitrogens with zero attached hydrogens (tertiary/aromatic N) is 1. The molecule has 2 atom stereocenters. The van der Waals surface area contributed by atoms with Crippen molar-refractivity contribution in [1.29, 1.82) is 0 Å². The molecule has 0 heterocycles. The van der Waals surface area contributed by atoms with E-state index in [0.29, 0.717) is 23.9 Å². The fourth-order valence-corrected chi connectivity index (χ4v) is 8.21. The van der Waals surface area contributed by atoms with Crippen LogP contribution in [0.1, 0.15) is 245 Å². The highest BCUT2D eigenvalue weighted by molar-refractivity contribution is 5.71. The Labute approximate surface area is 461 Å². The second kappa shape index (κ2) is 56.4. The fraction of sp³-hybridized carbons (Fsp3) is 0.712. The Hall–Kier alpha value is -3.79. The molecule has 0 aliphatic heterocycles. The van der Waals surface area contributed by atoms with Gasteiger partial charge >= 0.3 is 17.9 Å². The largest absolute Gasteiger partial charge is 0.477 e. The number of unbranched alkanes of at least 4 members (excludes halogenated alkanes) is 24. The van der Waals surface area contributed by atoms with Crippen LogP contribution in [0.25, 0.3) is 0 Å². The van der Waals surface area contributed by atoms with E-state index < -0.39 is 24.3 Å². The van der Waals surface area contributed by atoms with Gasteiger partial charge in [0.15, 0.2) is 6.10 Å². The van der Waals surface area contributed by atoms with Crippen LogP contribution in [0.3, 0.4) is 0 Å². The summed E-state index contributed by atoms with van der Waals surface area (Å²) >= 11 is 0. The average Bonchev–Trinajstić information content (AvgIpc) is 3.38. The molecular weight excluding hydrogens is 935 g/mol. The summed E-state index contributed by atoms with van der Waals surface area (Å²) in [7, 11) is 5.95. The van der Waals surface area contributed by atoms with Gasteiger partial charge in [-0.15, -0.1) is 0 Å². The molecule has 9 heteroatoms. The minimum atomic E-state index is -1.53. The summed E-state index contributed by atoms with van der Waals surface area (Å²) in [5.41, 5.74) is 0. The maximum atomic E-state index is 12.9. The molecule has 1 N–H and O–H groups in total. The summed E-state index contributed by atoms with van der Waals surface area (Å²) in [6, 6.07) is 0. The van der Waals surface area contributed by atoms with E-state index in [2.05, 4.69) is 111 Å². The van der Waals surface area contributed by atoms with E-state index in [1.807, 2.05) is 21.1 Å². The Kier molecular flexibility index (Phi) is 53.6. The SMILES string of the molecule is CC/C=C\C/C=C\C/C=C\C/C=C\C/C=C\C/C=C\C/C=C\C/C=C\CCCCC(=O)OC(COC(=O)CCCCCCCCCCCCCCCCCCCCCCCCC)COC(OCC[N+](C)(C)C)C(=O)O. The minimum Gasteiger partial charge on any atom is -0.477 e. The Morgan fingerprint density at radius 3 is 1.13 bits per heavy atom. The van der Waals surface area contributed by atoms with E-state index in [1.165, 1.54) is 128 Å². The van der Waals surface area contributed by atoms with Crippen molar-refractivity contribution < 1.29 is 42.9 Å². The highest BCUT2D eigenvalue weighted by atomic mass is 16.7. The topological polar surface area (TPSA) is 108 Å². The predicted molar refractivity (Wildman–Crippen MR) is 318 cm³/mol. The van der Waals surface area contributed by atoms with Crippen molar-refractivity contribution in [2.75, 3.05) is 47.5 Å². The van der Waals surface area contributed by atoms with Crippen molar-refractivity contribution >= 4 is 17.9 Å². The molecule has 0 aromatic carbocycles. The van der Waals surface area contributed by atoms with Crippen molar-refractivity contribution in [3.8, 4) is 0 Å². The summed E-state index contributed by atoms with van der Waals surface area (Å²) < 4.78 is 22.9. The quantitative estimate of drug-likeness (QED) is 0.0211. The zero-order valence-electron chi connectivity index (χ0n) is 48.9. The van der Waals surface area contributed by atoms with Crippen LogP contribution in [0.5, 0.6) is 0 Å². The number of ether oxygens (including phenoxy) is 4. The molecule has 0 aromatic rings. The monoisotopic (exact) mass is 1050 g/mol. The molecule has 75 heavy (non-hydrogen) atoms. The number of carboxylic acid groups (broad SMARTS) is 1. The number of aliphatic carboxylic acids is 1. The lowest BCUT2D eigenvalue weighted by Crippen LogP contribution is -2.40. The van der Waals surface area contributed by atoms with E-state index >= 15 is 0 Å². The summed E-state index contributed by atoms with van der Waals surface area (Å²) in [5.74, 6) is -2.07. The van der Waals surface area contributed by atoms with Crippen LogP contribution in [-0.4, -0.2) is 87.4 Å². The summed E-state index contributed by atoms with van der Waals surface area (Å²) in [4.78, 5) is 37.5. The van der Waals surface area contributed by atoms with Crippen molar-refractivity contribution in [1.82, 2.24) is 0 Å². The van der Waals surface area contributed by atoms with Gasteiger partial charge in [0.05, 0.1) is 34.4 Å². The highest BCUT2D eigenvalue weighted by Gasteiger charge is 2.25. The molecule has 0 bridgehead atoms. The Morgan fingerprint density at radius 1 is 0.413 bits per heavy atom. The van der Waals surface area contributed by atoms with Gasteiger partial charge in [-0.2, -0.15) is 0 Å². The zero-order chi connectivity index (χ0) is 54.8. The summed E-state index contributed by atoms with van der Waals surface area (Å²) in [6.07, 6.45) is 73.5. The second-order valence-electron chi connectivity index (χ2n) is 21.3. The maximum absolute atomic E-state index is 12.9. The van der Waals surface area contributed by atoms with Gasteiger partial charge in [0, 0.05) is 12.8 Å². The second-order valence-corrected chi connectivity index (χ2v) is 21.3. The molecule has 0 radical (unpaired) electrons. The van der Waals surface area contributed by atoms with Crippen molar-refractivity contribution in [2.45, 2.75) is 257 Å².